The van der Waals surface area contributed by atoms with E-state index in [1.807, 2.05) is 36.5 Å². The summed E-state index contributed by atoms with van der Waals surface area (Å²) in [5.41, 5.74) is 2.01. The van der Waals surface area contributed by atoms with Gasteiger partial charge in [-0.15, -0.1) is 0 Å². The van der Waals surface area contributed by atoms with Gasteiger partial charge in [-0.3, -0.25) is 0 Å². The molecule has 1 N–H and O–H groups in total. The summed E-state index contributed by atoms with van der Waals surface area (Å²) in [6.45, 7) is 0.662. The molecule has 3 aromatic rings. The number of benzene rings is 1. The van der Waals surface area contributed by atoms with E-state index >= 15 is 0 Å². The van der Waals surface area contributed by atoms with Crippen molar-refractivity contribution < 1.29 is 4.42 Å². The van der Waals surface area contributed by atoms with Crippen molar-refractivity contribution in [3.63, 3.8) is 0 Å². The van der Waals surface area contributed by atoms with Crippen molar-refractivity contribution in [3.8, 4) is 0 Å². The minimum Gasteiger partial charge on any atom is -0.472 e. The number of hydrogen-bond donors (Lipinski definition) is 1. The van der Waals surface area contributed by atoms with Crippen LogP contribution in [0.5, 0.6) is 0 Å². The van der Waals surface area contributed by atoms with E-state index in [0.29, 0.717) is 12.5 Å². The molecule has 0 bridgehead atoms. The van der Waals surface area contributed by atoms with Crippen LogP contribution in [0.4, 0.5) is 5.95 Å². The zero-order chi connectivity index (χ0) is 11.5. The molecule has 17 heavy (non-hydrogen) atoms. The van der Waals surface area contributed by atoms with E-state index in [1.54, 1.807) is 12.5 Å². The van der Waals surface area contributed by atoms with E-state index in [0.717, 1.165) is 16.5 Å². The van der Waals surface area contributed by atoms with Crippen LogP contribution in [0, 0.1) is 0 Å². The van der Waals surface area contributed by atoms with Crippen LogP contribution in [-0.2, 0) is 6.54 Å². The molecule has 0 saturated carbocycles. The first-order valence-corrected chi connectivity index (χ1v) is 5.38. The Bertz CT molecular complexity index is 619. The van der Waals surface area contributed by atoms with Crippen molar-refractivity contribution >= 4 is 16.9 Å². The minimum atomic E-state index is 0.630. The first-order chi connectivity index (χ1) is 8.42. The average molecular weight is 225 g/mol. The SMILES string of the molecule is c1ccc2nc(NCc3ccoc3)ncc2c1. The van der Waals surface area contributed by atoms with Gasteiger partial charge < -0.3 is 9.73 Å². The smallest absolute Gasteiger partial charge is 0.223 e. The number of anilines is 1. The van der Waals surface area contributed by atoms with Crippen LogP contribution in [0.3, 0.4) is 0 Å². The third-order valence-corrected chi connectivity index (χ3v) is 2.52. The summed E-state index contributed by atoms with van der Waals surface area (Å²) in [5, 5.41) is 4.20. The zero-order valence-corrected chi connectivity index (χ0v) is 9.13. The van der Waals surface area contributed by atoms with E-state index in [2.05, 4.69) is 15.3 Å². The third kappa shape index (κ3) is 2.10. The van der Waals surface area contributed by atoms with Crippen LogP contribution in [0.2, 0.25) is 0 Å². The molecule has 0 amide bonds. The Hall–Kier alpha value is -2.36. The lowest BCUT2D eigenvalue weighted by Gasteiger charge is -2.03. The zero-order valence-electron chi connectivity index (χ0n) is 9.13. The molecule has 0 spiro atoms. The highest BCUT2D eigenvalue weighted by molar-refractivity contribution is 5.78. The maximum atomic E-state index is 4.99. The molecule has 4 heteroatoms. The second-order valence-electron chi connectivity index (χ2n) is 3.74. The van der Waals surface area contributed by atoms with Gasteiger partial charge in [-0.05, 0) is 12.1 Å². The number of aromatic nitrogens is 2. The van der Waals surface area contributed by atoms with Gasteiger partial charge in [0.1, 0.15) is 0 Å². The van der Waals surface area contributed by atoms with Crippen molar-refractivity contribution in [2.75, 3.05) is 5.32 Å². The third-order valence-electron chi connectivity index (χ3n) is 2.52. The van der Waals surface area contributed by atoms with E-state index in [-0.39, 0.29) is 0 Å². The lowest BCUT2D eigenvalue weighted by molar-refractivity contribution is 0.564. The molecule has 0 atom stereocenters. The van der Waals surface area contributed by atoms with Crippen LogP contribution in [0.15, 0.2) is 53.5 Å². The summed E-state index contributed by atoms with van der Waals surface area (Å²) in [4.78, 5) is 8.68. The number of para-hydroxylation sites is 1. The van der Waals surface area contributed by atoms with E-state index < -0.39 is 0 Å². The normalized spacial score (nSPS) is 10.6. The Morgan fingerprint density at radius 1 is 1.18 bits per heavy atom. The minimum absolute atomic E-state index is 0.630. The Balaban J connectivity index is 1.81. The Kier molecular flexibility index (Phi) is 2.46. The van der Waals surface area contributed by atoms with Crippen molar-refractivity contribution in [1.29, 1.82) is 0 Å². The molecule has 0 aliphatic carbocycles. The first kappa shape index (κ1) is 9.84. The summed E-state index contributed by atoms with van der Waals surface area (Å²) in [7, 11) is 0. The number of nitrogens with zero attached hydrogens (tertiary/aromatic N) is 2. The maximum Gasteiger partial charge on any atom is 0.223 e. The molecule has 0 unspecified atom stereocenters. The monoisotopic (exact) mass is 225 g/mol. The van der Waals surface area contributed by atoms with Crippen molar-refractivity contribution in [1.82, 2.24) is 9.97 Å². The summed E-state index contributed by atoms with van der Waals surface area (Å²) in [6.07, 6.45) is 5.17. The van der Waals surface area contributed by atoms with Gasteiger partial charge >= 0.3 is 0 Å². The molecule has 84 valence electrons. The molecule has 2 aromatic heterocycles. The van der Waals surface area contributed by atoms with E-state index in [9.17, 15) is 0 Å². The lowest BCUT2D eigenvalue weighted by Crippen LogP contribution is -2.02. The molecule has 0 aliphatic rings. The van der Waals surface area contributed by atoms with Gasteiger partial charge in [-0.1, -0.05) is 18.2 Å². The number of furan rings is 1. The highest BCUT2D eigenvalue weighted by Crippen LogP contribution is 2.12. The first-order valence-electron chi connectivity index (χ1n) is 5.38. The average Bonchev–Trinajstić information content (AvgIpc) is 2.89. The van der Waals surface area contributed by atoms with Gasteiger partial charge in [-0.25, -0.2) is 9.97 Å². The second kappa shape index (κ2) is 4.25. The van der Waals surface area contributed by atoms with Crippen molar-refractivity contribution in [2.24, 2.45) is 0 Å². The fraction of sp³-hybridized carbons (Fsp3) is 0.0769. The highest BCUT2D eigenvalue weighted by Gasteiger charge is 1.99. The molecular weight excluding hydrogens is 214 g/mol. The van der Waals surface area contributed by atoms with Gasteiger partial charge in [0.2, 0.25) is 5.95 Å². The maximum absolute atomic E-state index is 4.99. The van der Waals surface area contributed by atoms with Gasteiger partial charge in [0, 0.05) is 23.7 Å². The quantitative estimate of drug-likeness (QED) is 0.744. The number of rotatable bonds is 3. The van der Waals surface area contributed by atoms with Crippen molar-refractivity contribution in [2.45, 2.75) is 6.54 Å². The molecule has 0 aliphatic heterocycles. The highest BCUT2D eigenvalue weighted by atomic mass is 16.3. The van der Waals surface area contributed by atoms with Crippen molar-refractivity contribution in [3.05, 3.63) is 54.6 Å². The van der Waals surface area contributed by atoms with Crippen LogP contribution in [-0.4, -0.2) is 9.97 Å². The molecule has 2 heterocycles. The molecule has 3 rings (SSSR count). The molecular formula is C13H11N3O. The summed E-state index contributed by atoms with van der Waals surface area (Å²) in [6, 6.07) is 9.82. The summed E-state index contributed by atoms with van der Waals surface area (Å²) in [5.74, 6) is 0.630. The predicted molar refractivity (Wildman–Crippen MR) is 65.6 cm³/mol. The molecule has 0 radical (unpaired) electrons. The van der Waals surface area contributed by atoms with E-state index in [1.165, 1.54) is 0 Å². The molecule has 0 fully saturated rings. The van der Waals surface area contributed by atoms with Crippen LogP contribution in [0.1, 0.15) is 5.56 Å². The fourth-order valence-electron chi connectivity index (χ4n) is 1.63. The molecule has 1 aromatic carbocycles. The Morgan fingerprint density at radius 2 is 2.12 bits per heavy atom. The fourth-order valence-corrected chi connectivity index (χ4v) is 1.63. The van der Waals surface area contributed by atoms with Gasteiger partial charge in [0.25, 0.3) is 0 Å². The summed E-state index contributed by atoms with van der Waals surface area (Å²) >= 11 is 0. The van der Waals surface area contributed by atoms with Gasteiger partial charge in [0.15, 0.2) is 0 Å². The Labute approximate surface area is 98.3 Å². The Morgan fingerprint density at radius 3 is 3.00 bits per heavy atom. The largest absolute Gasteiger partial charge is 0.472 e. The van der Waals surface area contributed by atoms with E-state index in [4.69, 9.17) is 4.42 Å². The number of fused-ring (bicyclic) bond motifs is 1. The van der Waals surface area contributed by atoms with Crippen LogP contribution < -0.4 is 5.32 Å². The van der Waals surface area contributed by atoms with Crippen LogP contribution >= 0.6 is 0 Å². The standard InChI is InChI=1S/C13H11N3O/c1-2-4-12-11(3-1)8-15-13(16-12)14-7-10-5-6-17-9-10/h1-6,8-9H,7H2,(H,14,15,16). The van der Waals surface area contributed by atoms with Crippen LogP contribution in [0.25, 0.3) is 10.9 Å². The topological polar surface area (TPSA) is 51.0 Å². The lowest BCUT2D eigenvalue weighted by atomic mass is 10.2. The number of nitrogens with one attached hydrogen (secondary N) is 1. The van der Waals surface area contributed by atoms with Gasteiger partial charge in [-0.2, -0.15) is 0 Å². The van der Waals surface area contributed by atoms with Gasteiger partial charge in [0.05, 0.1) is 18.0 Å². The summed E-state index contributed by atoms with van der Waals surface area (Å²) < 4.78 is 4.99. The second-order valence-corrected chi connectivity index (χ2v) is 3.74. The molecule has 0 saturated heterocycles. The predicted octanol–water partition coefficient (Wildman–Crippen LogP) is 2.83. The molecule has 4 nitrogen and oxygen atoms in total. The number of hydrogen-bond acceptors (Lipinski definition) is 4.